The van der Waals surface area contributed by atoms with E-state index in [1.54, 1.807) is 12.4 Å². The maximum Gasteiger partial charge on any atom is 0.174 e. The molecule has 0 saturated carbocycles. The lowest BCUT2D eigenvalue weighted by molar-refractivity contribution is 0.133. The van der Waals surface area contributed by atoms with Crippen LogP contribution in [0.2, 0.25) is 0 Å². The Balaban J connectivity index is 2.68. The average molecular weight is 257 g/mol. The number of hydrogen-bond acceptors (Lipinski definition) is 4. The molecule has 0 bridgehead atoms. The summed E-state index contributed by atoms with van der Waals surface area (Å²) >= 11 is 0. The lowest BCUT2D eigenvalue weighted by atomic mass is 10.0. The lowest BCUT2D eigenvalue weighted by Gasteiger charge is -2.07. The number of aliphatic imine (C=N–C) groups is 2. The fourth-order valence-electron chi connectivity index (χ4n) is 1.53. The summed E-state index contributed by atoms with van der Waals surface area (Å²) in [5, 5.41) is 4.03. The predicted octanol–water partition coefficient (Wildman–Crippen LogP) is 3.45. The Morgan fingerprint density at radius 3 is 2.84 bits per heavy atom. The van der Waals surface area contributed by atoms with E-state index in [0.29, 0.717) is 6.42 Å². The molecule has 1 aliphatic heterocycles. The number of oxime groups is 1. The molecule has 0 radical (unpaired) electrons. The summed E-state index contributed by atoms with van der Waals surface area (Å²) in [6.45, 7) is 11.4. The molecule has 0 amide bonds. The van der Waals surface area contributed by atoms with E-state index in [2.05, 4.69) is 28.3 Å². The van der Waals surface area contributed by atoms with Gasteiger partial charge in [0.2, 0.25) is 0 Å². The van der Waals surface area contributed by atoms with Crippen LogP contribution in [0.15, 0.2) is 64.5 Å². The molecule has 0 fully saturated rings. The molecule has 0 aliphatic carbocycles. The van der Waals surface area contributed by atoms with Crippen LogP contribution >= 0.6 is 0 Å². The molecular weight excluding hydrogens is 238 g/mol. The van der Waals surface area contributed by atoms with Crippen molar-refractivity contribution in [1.82, 2.24) is 0 Å². The lowest BCUT2D eigenvalue weighted by Crippen LogP contribution is -2.19. The van der Waals surface area contributed by atoms with Gasteiger partial charge in [0, 0.05) is 30.6 Å². The van der Waals surface area contributed by atoms with Gasteiger partial charge in [-0.2, -0.15) is 0 Å². The smallest absolute Gasteiger partial charge is 0.174 e. The molecule has 0 spiro atoms. The molecule has 0 saturated heterocycles. The van der Waals surface area contributed by atoms with E-state index in [0.717, 1.165) is 17.0 Å². The molecule has 0 aromatic heterocycles. The topological polar surface area (TPSA) is 46.3 Å². The van der Waals surface area contributed by atoms with Crippen molar-refractivity contribution in [3.63, 3.8) is 0 Å². The highest BCUT2D eigenvalue weighted by Gasteiger charge is 2.25. The van der Waals surface area contributed by atoms with Crippen molar-refractivity contribution >= 4 is 17.6 Å². The predicted molar refractivity (Wildman–Crippen MR) is 81.8 cm³/mol. The minimum absolute atomic E-state index is 0.184. The molecule has 19 heavy (non-hydrogen) atoms. The van der Waals surface area contributed by atoms with Crippen LogP contribution < -0.4 is 0 Å². The van der Waals surface area contributed by atoms with Crippen LogP contribution in [0.5, 0.6) is 0 Å². The highest BCUT2D eigenvalue weighted by Crippen LogP contribution is 2.17. The van der Waals surface area contributed by atoms with Crippen LogP contribution in [0.1, 0.15) is 20.3 Å². The Bertz CT molecular complexity index is 482. The summed E-state index contributed by atoms with van der Waals surface area (Å²) in [6, 6.07) is 0. The summed E-state index contributed by atoms with van der Waals surface area (Å²) in [5.41, 5.74) is 2.34. The molecule has 1 atom stereocenters. The number of rotatable bonds is 6. The molecule has 0 N–H and O–H groups in total. The molecule has 1 aliphatic rings. The van der Waals surface area contributed by atoms with Crippen molar-refractivity contribution in [3.05, 3.63) is 49.4 Å². The largest absolute Gasteiger partial charge is 0.385 e. The van der Waals surface area contributed by atoms with Crippen LogP contribution in [0.3, 0.4) is 0 Å². The standard InChI is InChI=1S/C15H19N3O/c1-5-8-13(17-7-3)15-10-14(18-19-15)12(4)11-16-9-6-2/h5-9,11,15H,3-4,10H2,1-2H3/b8-5-,9-6-,16-11?,17-13?. The quantitative estimate of drug-likeness (QED) is 0.672. The summed E-state index contributed by atoms with van der Waals surface area (Å²) in [5.74, 6) is 0. The third-order valence-corrected chi connectivity index (χ3v) is 2.41. The Morgan fingerprint density at radius 1 is 1.42 bits per heavy atom. The van der Waals surface area contributed by atoms with Crippen LogP contribution in [-0.2, 0) is 4.84 Å². The van der Waals surface area contributed by atoms with Crippen LogP contribution in [0.4, 0.5) is 0 Å². The number of hydrogen-bond donors (Lipinski definition) is 0. The summed E-state index contributed by atoms with van der Waals surface area (Å²) in [7, 11) is 0. The van der Waals surface area contributed by atoms with Gasteiger partial charge in [-0.05, 0) is 19.9 Å². The van der Waals surface area contributed by atoms with Crippen molar-refractivity contribution in [2.75, 3.05) is 0 Å². The van der Waals surface area contributed by atoms with Gasteiger partial charge >= 0.3 is 0 Å². The first-order valence-corrected chi connectivity index (χ1v) is 6.10. The van der Waals surface area contributed by atoms with Crippen molar-refractivity contribution in [1.29, 1.82) is 0 Å². The van der Waals surface area contributed by atoms with E-state index in [9.17, 15) is 0 Å². The van der Waals surface area contributed by atoms with Gasteiger partial charge in [-0.1, -0.05) is 30.5 Å². The van der Waals surface area contributed by atoms with Gasteiger partial charge in [0.15, 0.2) is 6.10 Å². The summed E-state index contributed by atoms with van der Waals surface area (Å²) in [6.07, 6.45) is 11.0. The van der Waals surface area contributed by atoms with E-state index < -0.39 is 0 Å². The SMILES string of the molecule is C=CN=C(/C=C\C)C1CC(C(=C)C=N/C=C\C)=NO1. The zero-order valence-electron chi connectivity index (χ0n) is 11.4. The van der Waals surface area contributed by atoms with Gasteiger partial charge in [0.05, 0.1) is 11.4 Å². The molecular formula is C15H19N3O. The second kappa shape index (κ2) is 7.97. The van der Waals surface area contributed by atoms with Gasteiger partial charge in [-0.15, -0.1) is 0 Å². The van der Waals surface area contributed by atoms with Crippen molar-refractivity contribution in [2.45, 2.75) is 26.4 Å². The highest BCUT2D eigenvalue weighted by atomic mass is 16.6. The van der Waals surface area contributed by atoms with E-state index in [4.69, 9.17) is 4.84 Å². The minimum atomic E-state index is -0.184. The number of allylic oxidation sites excluding steroid dienone is 3. The van der Waals surface area contributed by atoms with Crippen molar-refractivity contribution < 1.29 is 4.84 Å². The summed E-state index contributed by atoms with van der Waals surface area (Å²) in [4.78, 5) is 13.6. The van der Waals surface area contributed by atoms with Gasteiger partial charge < -0.3 is 4.84 Å². The second-order valence-corrected chi connectivity index (χ2v) is 3.86. The van der Waals surface area contributed by atoms with Gasteiger partial charge in [-0.3, -0.25) is 9.98 Å². The Kier molecular flexibility index (Phi) is 6.22. The first-order valence-electron chi connectivity index (χ1n) is 6.10. The van der Waals surface area contributed by atoms with Gasteiger partial charge in [-0.25, -0.2) is 0 Å². The summed E-state index contributed by atoms with van der Waals surface area (Å²) < 4.78 is 0. The van der Waals surface area contributed by atoms with Crippen molar-refractivity contribution in [2.24, 2.45) is 15.1 Å². The van der Waals surface area contributed by atoms with Gasteiger partial charge in [0.1, 0.15) is 0 Å². The minimum Gasteiger partial charge on any atom is -0.385 e. The molecule has 1 rings (SSSR count). The maximum atomic E-state index is 5.38. The average Bonchev–Trinajstić information content (AvgIpc) is 2.88. The Hall–Kier alpha value is -2.23. The Labute approximate surface area is 114 Å². The maximum absolute atomic E-state index is 5.38. The van der Waals surface area contributed by atoms with Crippen molar-refractivity contribution in [3.8, 4) is 0 Å². The fourth-order valence-corrected chi connectivity index (χ4v) is 1.53. The zero-order chi connectivity index (χ0) is 14.1. The third kappa shape index (κ3) is 4.50. The third-order valence-electron chi connectivity index (χ3n) is 2.41. The number of nitrogens with zero attached hydrogens (tertiary/aromatic N) is 3. The first-order chi connectivity index (χ1) is 9.22. The van der Waals surface area contributed by atoms with Crippen LogP contribution in [-0.4, -0.2) is 23.7 Å². The molecule has 4 nitrogen and oxygen atoms in total. The normalized spacial score (nSPS) is 20.2. The van der Waals surface area contributed by atoms with Gasteiger partial charge in [0.25, 0.3) is 0 Å². The van der Waals surface area contributed by atoms with E-state index in [-0.39, 0.29) is 6.10 Å². The fraction of sp³-hybridized carbons (Fsp3) is 0.267. The first kappa shape index (κ1) is 14.8. The van der Waals surface area contributed by atoms with E-state index in [1.165, 1.54) is 6.20 Å². The zero-order valence-corrected chi connectivity index (χ0v) is 11.4. The molecule has 0 aromatic carbocycles. The monoisotopic (exact) mass is 257 g/mol. The Morgan fingerprint density at radius 2 is 2.21 bits per heavy atom. The highest BCUT2D eigenvalue weighted by molar-refractivity contribution is 6.18. The van der Waals surface area contributed by atoms with E-state index >= 15 is 0 Å². The molecule has 100 valence electrons. The molecule has 1 unspecified atom stereocenters. The molecule has 4 heteroatoms. The van der Waals surface area contributed by atoms with Crippen LogP contribution in [0, 0.1) is 0 Å². The van der Waals surface area contributed by atoms with Crippen LogP contribution in [0.25, 0.3) is 0 Å². The second-order valence-electron chi connectivity index (χ2n) is 3.86. The molecule has 0 aromatic rings. The van der Waals surface area contributed by atoms with E-state index in [1.807, 2.05) is 32.1 Å². The molecule has 1 heterocycles.